The highest BCUT2D eigenvalue weighted by Gasteiger charge is 2.26. The molecule has 0 bridgehead atoms. The van der Waals surface area contributed by atoms with Gasteiger partial charge in [-0.1, -0.05) is 0 Å². The van der Waals surface area contributed by atoms with Crippen molar-refractivity contribution in [1.82, 2.24) is 4.90 Å². The topological polar surface area (TPSA) is 91.7 Å². The summed E-state index contributed by atoms with van der Waals surface area (Å²) in [6.45, 7) is 7.77. The van der Waals surface area contributed by atoms with Crippen molar-refractivity contribution < 1.29 is 9.53 Å². The molecule has 0 spiro atoms. The molecule has 22 heavy (non-hydrogen) atoms. The van der Waals surface area contributed by atoms with Crippen LogP contribution in [-0.4, -0.2) is 42.4 Å². The number of hydrogen-bond donors (Lipinski definition) is 1. The van der Waals surface area contributed by atoms with Gasteiger partial charge in [0.2, 0.25) is 0 Å². The van der Waals surface area contributed by atoms with Gasteiger partial charge in [-0.05, 0) is 46.0 Å². The van der Waals surface area contributed by atoms with Crippen molar-refractivity contribution in [1.29, 1.82) is 5.26 Å². The molecule has 0 aromatic rings. The fourth-order valence-electron chi connectivity index (χ4n) is 2.26. The molecule has 1 saturated heterocycles. The van der Waals surface area contributed by atoms with Crippen LogP contribution in [0.1, 0.15) is 40.0 Å². The Hall–Kier alpha value is -2.03. The molecule has 6 nitrogen and oxygen atoms in total. The Morgan fingerprint density at radius 3 is 2.59 bits per heavy atom. The number of hydrogen-bond acceptors (Lipinski definition) is 5. The molecule has 0 saturated carbocycles. The zero-order chi connectivity index (χ0) is 16.6. The Labute approximate surface area is 132 Å². The third-order valence-electron chi connectivity index (χ3n) is 3.47. The fourth-order valence-corrected chi connectivity index (χ4v) is 2.26. The number of nitrogens with two attached hydrogens (primary N) is 1. The predicted molar refractivity (Wildman–Crippen MR) is 86.4 cm³/mol. The molecule has 0 unspecified atom stereocenters. The van der Waals surface area contributed by atoms with Crippen LogP contribution < -0.4 is 5.73 Å². The van der Waals surface area contributed by atoms with Crippen LogP contribution in [0.5, 0.6) is 0 Å². The first-order valence-electron chi connectivity index (χ1n) is 7.65. The number of amides is 1. The average molecular weight is 306 g/mol. The van der Waals surface area contributed by atoms with Crippen molar-refractivity contribution in [2.45, 2.75) is 45.6 Å². The average Bonchev–Trinajstić information content (AvgIpc) is 2.46. The summed E-state index contributed by atoms with van der Waals surface area (Å²) in [5.41, 5.74) is 5.20. The lowest BCUT2D eigenvalue weighted by atomic mass is 9.94. The molecule has 0 aromatic heterocycles. The Bertz CT molecular complexity index is 464. The van der Waals surface area contributed by atoms with E-state index in [-0.39, 0.29) is 6.09 Å². The van der Waals surface area contributed by atoms with Crippen molar-refractivity contribution in [2.24, 2.45) is 16.6 Å². The van der Waals surface area contributed by atoms with Crippen LogP contribution in [0.3, 0.4) is 0 Å². The first kappa shape index (κ1) is 18.0. The molecule has 0 aromatic carbocycles. The normalized spacial score (nSPS) is 17.5. The van der Waals surface area contributed by atoms with Gasteiger partial charge in [-0.3, -0.25) is 4.99 Å². The van der Waals surface area contributed by atoms with Gasteiger partial charge >= 0.3 is 6.09 Å². The molecule has 1 fully saturated rings. The molecular weight excluding hydrogens is 280 g/mol. The van der Waals surface area contributed by atoms with Crippen molar-refractivity contribution in [3.63, 3.8) is 0 Å². The van der Waals surface area contributed by atoms with Crippen LogP contribution >= 0.6 is 0 Å². The number of likely N-dealkylation sites (tertiary alicyclic amines) is 1. The van der Waals surface area contributed by atoms with E-state index in [1.54, 1.807) is 4.90 Å². The largest absolute Gasteiger partial charge is 0.444 e. The van der Waals surface area contributed by atoms with Crippen LogP contribution in [0.4, 0.5) is 4.79 Å². The van der Waals surface area contributed by atoms with E-state index >= 15 is 0 Å². The summed E-state index contributed by atoms with van der Waals surface area (Å²) in [6.07, 6.45) is 5.43. The lowest BCUT2D eigenvalue weighted by Gasteiger charge is -2.33. The molecule has 1 rings (SSSR count). The number of rotatable bonds is 4. The number of nitrogens with zero attached hydrogens (tertiary/aromatic N) is 3. The highest BCUT2D eigenvalue weighted by molar-refractivity contribution is 5.83. The number of ether oxygens (including phenoxy) is 1. The van der Waals surface area contributed by atoms with Gasteiger partial charge in [0.05, 0.1) is 5.57 Å². The van der Waals surface area contributed by atoms with Crippen molar-refractivity contribution in [2.75, 3.05) is 19.6 Å². The lowest BCUT2D eigenvalue weighted by Crippen LogP contribution is -2.41. The molecular formula is C16H26N4O2. The molecule has 2 N–H and O–H groups in total. The second-order valence-electron chi connectivity index (χ2n) is 6.47. The Morgan fingerprint density at radius 1 is 1.45 bits per heavy atom. The predicted octanol–water partition coefficient (Wildman–Crippen LogP) is 2.46. The number of allylic oxidation sites excluding steroid dienone is 1. The van der Waals surface area contributed by atoms with Gasteiger partial charge in [-0.15, -0.1) is 0 Å². The SMILES string of the molecule is CC(C)(C)OC(=O)N1CCC(CCN=CC(C#N)=CN)CC1. The first-order chi connectivity index (χ1) is 10.4. The van der Waals surface area contributed by atoms with Crippen LogP contribution in [0, 0.1) is 17.2 Å². The van der Waals surface area contributed by atoms with Gasteiger partial charge < -0.3 is 15.4 Å². The van der Waals surface area contributed by atoms with Crippen LogP contribution in [0.15, 0.2) is 16.8 Å². The highest BCUT2D eigenvalue weighted by atomic mass is 16.6. The van der Waals surface area contributed by atoms with E-state index in [1.165, 1.54) is 12.4 Å². The standard InChI is InChI=1S/C16H26N4O2/c1-16(2,3)22-15(21)20-8-5-13(6-9-20)4-7-19-12-14(10-17)11-18/h10,12-13H,4-9,17H2,1-3H3. The van der Waals surface area contributed by atoms with Gasteiger partial charge in [0.25, 0.3) is 0 Å². The maximum absolute atomic E-state index is 12.0. The second kappa shape index (κ2) is 8.42. The highest BCUT2D eigenvalue weighted by Crippen LogP contribution is 2.22. The smallest absolute Gasteiger partial charge is 0.410 e. The number of carbonyl (C=O) groups excluding carboxylic acids is 1. The van der Waals surface area contributed by atoms with E-state index in [2.05, 4.69) is 4.99 Å². The van der Waals surface area contributed by atoms with Gasteiger partial charge in [0.1, 0.15) is 11.7 Å². The van der Waals surface area contributed by atoms with Crippen LogP contribution in [0.2, 0.25) is 0 Å². The maximum atomic E-state index is 12.0. The summed E-state index contributed by atoms with van der Waals surface area (Å²) in [5, 5.41) is 8.70. The Balaban J connectivity index is 2.29. The van der Waals surface area contributed by atoms with Crippen molar-refractivity contribution in [3.05, 3.63) is 11.8 Å². The summed E-state index contributed by atoms with van der Waals surface area (Å²) in [7, 11) is 0. The summed E-state index contributed by atoms with van der Waals surface area (Å²) < 4.78 is 5.38. The molecule has 1 amide bonds. The molecule has 0 aliphatic carbocycles. The van der Waals surface area contributed by atoms with Crippen molar-refractivity contribution in [3.8, 4) is 6.07 Å². The van der Waals surface area contributed by atoms with Gasteiger partial charge in [-0.25, -0.2) is 4.79 Å². The number of carbonyl (C=O) groups is 1. The molecule has 0 atom stereocenters. The van der Waals surface area contributed by atoms with E-state index in [0.717, 1.165) is 32.4 Å². The quantitative estimate of drug-likeness (QED) is 0.638. The molecule has 122 valence electrons. The van der Waals surface area contributed by atoms with E-state index < -0.39 is 5.60 Å². The van der Waals surface area contributed by atoms with E-state index in [4.69, 9.17) is 15.7 Å². The molecule has 1 aliphatic heterocycles. The van der Waals surface area contributed by atoms with Crippen molar-refractivity contribution >= 4 is 12.3 Å². The van der Waals surface area contributed by atoms with Crippen LogP contribution in [-0.2, 0) is 4.74 Å². The zero-order valence-corrected chi connectivity index (χ0v) is 13.7. The Morgan fingerprint density at radius 2 is 2.09 bits per heavy atom. The van der Waals surface area contributed by atoms with Crippen LogP contribution in [0.25, 0.3) is 0 Å². The zero-order valence-electron chi connectivity index (χ0n) is 13.7. The maximum Gasteiger partial charge on any atom is 0.410 e. The fraction of sp³-hybridized carbons (Fsp3) is 0.688. The summed E-state index contributed by atoms with van der Waals surface area (Å²) in [5.74, 6) is 0.559. The lowest BCUT2D eigenvalue weighted by molar-refractivity contribution is 0.0182. The number of aliphatic imine (C=N–C) groups is 1. The minimum Gasteiger partial charge on any atom is -0.444 e. The molecule has 1 heterocycles. The number of nitriles is 1. The van der Waals surface area contributed by atoms with Gasteiger partial charge in [0.15, 0.2) is 0 Å². The summed E-state index contributed by atoms with van der Waals surface area (Å²) in [4.78, 5) is 17.9. The third kappa shape index (κ3) is 6.61. The summed E-state index contributed by atoms with van der Waals surface area (Å²) >= 11 is 0. The first-order valence-corrected chi connectivity index (χ1v) is 7.65. The molecule has 6 heteroatoms. The molecule has 1 aliphatic rings. The minimum absolute atomic E-state index is 0.226. The third-order valence-corrected chi connectivity index (χ3v) is 3.47. The monoisotopic (exact) mass is 306 g/mol. The van der Waals surface area contributed by atoms with E-state index in [0.29, 0.717) is 18.0 Å². The Kier molecular flexibility index (Phi) is 6.90. The van der Waals surface area contributed by atoms with E-state index in [9.17, 15) is 4.79 Å². The summed E-state index contributed by atoms with van der Waals surface area (Å²) in [6, 6.07) is 1.96. The van der Waals surface area contributed by atoms with E-state index in [1.807, 2.05) is 26.8 Å². The van der Waals surface area contributed by atoms with Gasteiger partial charge in [0, 0.05) is 32.0 Å². The molecule has 0 radical (unpaired) electrons. The number of piperidine rings is 1. The van der Waals surface area contributed by atoms with Gasteiger partial charge in [-0.2, -0.15) is 5.26 Å². The second-order valence-corrected chi connectivity index (χ2v) is 6.47. The minimum atomic E-state index is -0.447.